The fourth-order valence-electron chi connectivity index (χ4n) is 2.90. The van der Waals surface area contributed by atoms with Gasteiger partial charge < -0.3 is 9.47 Å². The lowest BCUT2D eigenvalue weighted by atomic mass is 9.95. The second-order valence-corrected chi connectivity index (χ2v) is 9.02. The van der Waals surface area contributed by atoms with Crippen LogP contribution in [0.15, 0.2) is 18.2 Å². The smallest absolute Gasteiger partial charge is 0.244 e. The highest BCUT2D eigenvalue weighted by molar-refractivity contribution is 7.91. The van der Waals surface area contributed by atoms with Crippen molar-refractivity contribution >= 4 is 15.9 Å². The number of amides is 1. The first kappa shape index (κ1) is 14.8. The lowest BCUT2D eigenvalue weighted by Gasteiger charge is -2.22. The minimum absolute atomic E-state index is 0.428. The Morgan fingerprint density at radius 1 is 1.09 bits per heavy atom. The van der Waals surface area contributed by atoms with E-state index < -0.39 is 26.1 Å². The predicted molar refractivity (Wildman–Crippen MR) is 83.0 cm³/mol. The van der Waals surface area contributed by atoms with Crippen LogP contribution in [0.4, 0.5) is 0 Å². The van der Waals surface area contributed by atoms with E-state index in [2.05, 4.69) is 4.72 Å². The SMILES string of the molecule is CC1(S(=O)(=O)NC(=O)C2(c3ccc4c(c3)OCCO4)CC2)CC1. The molecule has 1 N–H and O–H groups in total. The summed E-state index contributed by atoms with van der Waals surface area (Å²) in [5.41, 5.74) is 0.0316. The molecule has 1 amide bonds. The Labute approximate surface area is 135 Å². The van der Waals surface area contributed by atoms with Crippen molar-refractivity contribution in [2.24, 2.45) is 0 Å². The first-order chi connectivity index (χ1) is 10.9. The van der Waals surface area contributed by atoms with Crippen molar-refractivity contribution in [1.29, 1.82) is 0 Å². The minimum Gasteiger partial charge on any atom is -0.486 e. The average Bonchev–Trinajstić information content (AvgIpc) is 3.42. The lowest BCUT2D eigenvalue weighted by Crippen LogP contribution is -2.43. The maximum atomic E-state index is 12.6. The Kier molecular flexibility index (Phi) is 2.98. The summed E-state index contributed by atoms with van der Waals surface area (Å²) in [6.45, 7) is 2.66. The van der Waals surface area contributed by atoms with Gasteiger partial charge in [-0.3, -0.25) is 9.52 Å². The second kappa shape index (κ2) is 4.63. The molecule has 1 heterocycles. The van der Waals surface area contributed by atoms with Crippen molar-refractivity contribution in [3.63, 3.8) is 0 Å². The van der Waals surface area contributed by atoms with Gasteiger partial charge in [0.15, 0.2) is 11.5 Å². The largest absolute Gasteiger partial charge is 0.486 e. The number of fused-ring (bicyclic) bond motifs is 1. The van der Waals surface area contributed by atoms with Crippen molar-refractivity contribution in [3.8, 4) is 11.5 Å². The third-order valence-corrected chi connectivity index (χ3v) is 7.27. The van der Waals surface area contributed by atoms with Gasteiger partial charge in [-0.05, 0) is 50.3 Å². The van der Waals surface area contributed by atoms with Crippen molar-refractivity contribution in [3.05, 3.63) is 23.8 Å². The van der Waals surface area contributed by atoms with Crippen LogP contribution in [0.3, 0.4) is 0 Å². The number of carbonyl (C=O) groups is 1. The summed E-state index contributed by atoms with van der Waals surface area (Å²) in [7, 11) is -3.61. The van der Waals surface area contributed by atoms with E-state index in [1.54, 1.807) is 19.1 Å². The molecule has 0 spiro atoms. The molecule has 3 aliphatic rings. The summed E-state index contributed by atoms with van der Waals surface area (Å²) in [4.78, 5) is 12.6. The molecular formula is C16H19NO5S. The van der Waals surface area contributed by atoms with Gasteiger partial charge in [-0.25, -0.2) is 8.42 Å². The van der Waals surface area contributed by atoms with Crippen molar-refractivity contribution in [1.82, 2.24) is 4.72 Å². The number of nitrogens with one attached hydrogen (secondary N) is 1. The summed E-state index contributed by atoms with van der Waals surface area (Å²) < 4.78 is 37.1. The number of sulfonamides is 1. The first-order valence-electron chi connectivity index (χ1n) is 7.83. The molecule has 2 fully saturated rings. The highest BCUT2D eigenvalue weighted by atomic mass is 32.2. The molecule has 0 bridgehead atoms. The van der Waals surface area contributed by atoms with Crippen LogP contribution in [0.2, 0.25) is 0 Å². The molecule has 0 saturated heterocycles. The van der Waals surface area contributed by atoms with E-state index in [1.165, 1.54) is 0 Å². The Bertz CT molecular complexity index is 778. The maximum Gasteiger partial charge on any atom is 0.244 e. The minimum atomic E-state index is -3.61. The molecule has 2 saturated carbocycles. The monoisotopic (exact) mass is 337 g/mol. The van der Waals surface area contributed by atoms with Gasteiger partial charge in [0, 0.05) is 0 Å². The molecule has 2 aliphatic carbocycles. The van der Waals surface area contributed by atoms with Crippen LogP contribution in [0.1, 0.15) is 38.2 Å². The fraction of sp³-hybridized carbons (Fsp3) is 0.562. The number of hydrogen-bond donors (Lipinski definition) is 1. The van der Waals surface area contributed by atoms with Crippen LogP contribution in [0.25, 0.3) is 0 Å². The van der Waals surface area contributed by atoms with E-state index in [0.29, 0.717) is 50.4 Å². The van der Waals surface area contributed by atoms with E-state index in [9.17, 15) is 13.2 Å². The van der Waals surface area contributed by atoms with Gasteiger partial charge in [-0.15, -0.1) is 0 Å². The molecule has 1 aliphatic heterocycles. The van der Waals surface area contributed by atoms with Gasteiger partial charge in [-0.1, -0.05) is 6.07 Å². The number of rotatable bonds is 4. The summed E-state index contributed by atoms with van der Waals surface area (Å²) >= 11 is 0. The third-order valence-electron chi connectivity index (χ3n) is 5.11. The van der Waals surface area contributed by atoms with Crippen molar-refractivity contribution in [2.45, 2.75) is 42.8 Å². The first-order valence-corrected chi connectivity index (χ1v) is 9.32. The standard InChI is InChI=1S/C16H19NO5S/c1-15(4-5-15)23(19,20)17-14(18)16(6-7-16)11-2-3-12-13(10-11)22-9-8-21-12/h2-3,10H,4-9H2,1H3,(H,17,18). The zero-order valence-corrected chi connectivity index (χ0v) is 13.7. The third kappa shape index (κ3) is 2.29. The van der Waals surface area contributed by atoms with E-state index >= 15 is 0 Å². The van der Waals surface area contributed by atoms with E-state index in [0.717, 1.165) is 5.56 Å². The molecule has 6 nitrogen and oxygen atoms in total. The fourth-order valence-corrected chi connectivity index (χ4v) is 4.23. The van der Waals surface area contributed by atoms with Crippen molar-refractivity contribution < 1.29 is 22.7 Å². The molecule has 1 aromatic rings. The maximum absolute atomic E-state index is 12.6. The van der Waals surface area contributed by atoms with Crippen LogP contribution in [-0.2, 0) is 20.2 Å². The van der Waals surface area contributed by atoms with E-state index in [4.69, 9.17) is 9.47 Å². The quantitative estimate of drug-likeness (QED) is 0.900. The highest BCUT2D eigenvalue weighted by Gasteiger charge is 2.56. The molecule has 0 radical (unpaired) electrons. The lowest BCUT2D eigenvalue weighted by molar-refractivity contribution is -0.121. The second-order valence-electron chi connectivity index (χ2n) is 6.83. The molecule has 0 unspecified atom stereocenters. The number of hydrogen-bond acceptors (Lipinski definition) is 5. The van der Waals surface area contributed by atoms with Crippen LogP contribution in [0, 0.1) is 0 Å². The van der Waals surface area contributed by atoms with Gasteiger partial charge in [-0.2, -0.15) is 0 Å². The van der Waals surface area contributed by atoms with Crippen LogP contribution in [-0.4, -0.2) is 32.3 Å². The van der Waals surface area contributed by atoms with Gasteiger partial charge >= 0.3 is 0 Å². The molecule has 4 rings (SSSR count). The predicted octanol–water partition coefficient (Wildman–Crippen LogP) is 1.49. The zero-order chi connectivity index (χ0) is 16.3. The molecule has 1 aromatic carbocycles. The number of ether oxygens (including phenoxy) is 2. The van der Waals surface area contributed by atoms with Crippen LogP contribution in [0.5, 0.6) is 11.5 Å². The Balaban J connectivity index is 1.60. The van der Waals surface area contributed by atoms with Gasteiger partial charge in [0.05, 0.1) is 10.2 Å². The summed E-state index contributed by atoms with van der Waals surface area (Å²) in [6.07, 6.45) is 2.49. The van der Waals surface area contributed by atoms with E-state index in [1.807, 2.05) is 6.07 Å². The Morgan fingerprint density at radius 2 is 1.74 bits per heavy atom. The molecule has 0 aromatic heterocycles. The Hall–Kier alpha value is -1.76. The van der Waals surface area contributed by atoms with Gasteiger partial charge in [0.1, 0.15) is 13.2 Å². The normalized spacial score (nSPS) is 23.0. The van der Waals surface area contributed by atoms with E-state index in [-0.39, 0.29) is 0 Å². The number of carbonyl (C=O) groups excluding carboxylic acids is 1. The molecule has 0 atom stereocenters. The Morgan fingerprint density at radius 3 is 2.35 bits per heavy atom. The summed E-state index contributed by atoms with van der Waals surface area (Å²) in [6, 6.07) is 5.41. The van der Waals surface area contributed by atoms with Crippen molar-refractivity contribution in [2.75, 3.05) is 13.2 Å². The zero-order valence-electron chi connectivity index (χ0n) is 12.9. The topological polar surface area (TPSA) is 81.7 Å². The molecule has 124 valence electrons. The van der Waals surface area contributed by atoms with Gasteiger partial charge in [0.25, 0.3) is 0 Å². The molecule has 7 heteroatoms. The summed E-state index contributed by atoms with van der Waals surface area (Å²) in [5, 5.41) is 0. The van der Waals surface area contributed by atoms with Gasteiger partial charge in [0.2, 0.25) is 15.9 Å². The average molecular weight is 337 g/mol. The number of benzene rings is 1. The van der Waals surface area contributed by atoms with Crippen LogP contribution < -0.4 is 14.2 Å². The highest BCUT2D eigenvalue weighted by Crippen LogP contribution is 2.51. The molecular weight excluding hydrogens is 318 g/mol. The van der Waals surface area contributed by atoms with Crippen LogP contribution >= 0.6 is 0 Å². The molecule has 23 heavy (non-hydrogen) atoms. The summed E-state index contributed by atoms with van der Waals surface area (Å²) in [5.74, 6) is 0.849.